The van der Waals surface area contributed by atoms with Gasteiger partial charge in [0, 0.05) is 22.5 Å². The molecule has 0 aliphatic carbocycles. The molecule has 0 saturated carbocycles. The third kappa shape index (κ3) is 2.11. The minimum atomic E-state index is 0.149. The van der Waals surface area contributed by atoms with E-state index in [-0.39, 0.29) is 6.04 Å². The van der Waals surface area contributed by atoms with Crippen molar-refractivity contribution in [2.24, 2.45) is 11.7 Å². The minimum Gasteiger partial charge on any atom is -0.493 e. The summed E-state index contributed by atoms with van der Waals surface area (Å²) in [5, 5.41) is 0.801. The smallest absolute Gasteiger partial charge is 0.124 e. The second-order valence-corrected chi connectivity index (χ2v) is 4.76. The predicted molar refractivity (Wildman–Crippen MR) is 62.5 cm³/mol. The van der Waals surface area contributed by atoms with E-state index in [1.165, 1.54) is 0 Å². The number of ether oxygens (including phenoxy) is 1. The average Bonchev–Trinajstić information content (AvgIpc) is 2.16. The highest BCUT2D eigenvalue weighted by Crippen LogP contribution is 2.34. The molecule has 2 atom stereocenters. The van der Waals surface area contributed by atoms with Gasteiger partial charge in [0.2, 0.25) is 0 Å². The molecular weight excluding hydrogens is 210 g/mol. The van der Waals surface area contributed by atoms with Gasteiger partial charge >= 0.3 is 0 Å². The van der Waals surface area contributed by atoms with Crippen LogP contribution in [-0.2, 0) is 6.42 Å². The van der Waals surface area contributed by atoms with Gasteiger partial charge in [0.25, 0.3) is 0 Å². The van der Waals surface area contributed by atoms with Crippen molar-refractivity contribution in [3.8, 4) is 5.75 Å². The van der Waals surface area contributed by atoms with Gasteiger partial charge in [-0.1, -0.05) is 11.6 Å². The molecular formula is C12H16ClNO. The fourth-order valence-electron chi connectivity index (χ4n) is 1.92. The Balaban J connectivity index is 2.33. The van der Waals surface area contributed by atoms with Crippen molar-refractivity contribution >= 4 is 11.6 Å². The van der Waals surface area contributed by atoms with Crippen LogP contribution in [0.5, 0.6) is 5.75 Å². The summed E-state index contributed by atoms with van der Waals surface area (Å²) in [7, 11) is 0. The zero-order chi connectivity index (χ0) is 11.0. The SMILES string of the molecule is Cc1cc(Cl)c2c(c1)OCC(C(C)N)C2. The highest BCUT2D eigenvalue weighted by molar-refractivity contribution is 6.31. The predicted octanol–water partition coefficient (Wildman–Crippen LogP) is 2.55. The molecule has 1 aromatic rings. The third-order valence-electron chi connectivity index (χ3n) is 2.96. The third-order valence-corrected chi connectivity index (χ3v) is 3.30. The van der Waals surface area contributed by atoms with Crippen LogP contribution in [0, 0.1) is 12.8 Å². The molecule has 0 aromatic heterocycles. The van der Waals surface area contributed by atoms with Gasteiger partial charge in [0.15, 0.2) is 0 Å². The topological polar surface area (TPSA) is 35.2 Å². The molecule has 1 heterocycles. The first kappa shape index (κ1) is 10.8. The van der Waals surface area contributed by atoms with E-state index in [9.17, 15) is 0 Å². The van der Waals surface area contributed by atoms with Crippen LogP contribution in [0.25, 0.3) is 0 Å². The lowest BCUT2D eigenvalue weighted by Crippen LogP contribution is -2.35. The number of rotatable bonds is 1. The number of benzene rings is 1. The minimum absolute atomic E-state index is 0.149. The first-order chi connectivity index (χ1) is 7.08. The number of fused-ring (bicyclic) bond motifs is 1. The lowest BCUT2D eigenvalue weighted by Gasteiger charge is -2.28. The van der Waals surface area contributed by atoms with E-state index in [1.54, 1.807) is 0 Å². The summed E-state index contributed by atoms with van der Waals surface area (Å²) in [6.45, 7) is 4.73. The molecule has 3 heteroatoms. The van der Waals surface area contributed by atoms with Crippen LogP contribution in [0.15, 0.2) is 12.1 Å². The van der Waals surface area contributed by atoms with E-state index in [1.807, 2.05) is 26.0 Å². The van der Waals surface area contributed by atoms with Crippen LogP contribution < -0.4 is 10.5 Å². The van der Waals surface area contributed by atoms with E-state index in [0.29, 0.717) is 12.5 Å². The first-order valence-electron chi connectivity index (χ1n) is 5.25. The molecule has 0 fully saturated rings. The molecule has 1 aliphatic heterocycles. The highest BCUT2D eigenvalue weighted by Gasteiger charge is 2.24. The summed E-state index contributed by atoms with van der Waals surface area (Å²) in [6, 6.07) is 4.17. The molecule has 1 aliphatic rings. The maximum atomic E-state index is 6.20. The van der Waals surface area contributed by atoms with Gasteiger partial charge in [-0.3, -0.25) is 0 Å². The average molecular weight is 226 g/mol. The van der Waals surface area contributed by atoms with Crippen LogP contribution in [-0.4, -0.2) is 12.6 Å². The highest BCUT2D eigenvalue weighted by atomic mass is 35.5. The molecule has 2 unspecified atom stereocenters. The van der Waals surface area contributed by atoms with Crippen molar-refractivity contribution < 1.29 is 4.74 Å². The fourth-order valence-corrected chi connectivity index (χ4v) is 2.27. The Bertz CT molecular complexity index is 376. The number of hydrogen-bond acceptors (Lipinski definition) is 2. The Kier molecular flexibility index (Phi) is 2.89. The summed E-state index contributed by atoms with van der Waals surface area (Å²) in [5.41, 5.74) is 8.13. The maximum absolute atomic E-state index is 6.20. The van der Waals surface area contributed by atoms with E-state index >= 15 is 0 Å². The second-order valence-electron chi connectivity index (χ2n) is 4.36. The summed E-state index contributed by atoms with van der Waals surface area (Å²) in [6.07, 6.45) is 0.923. The summed E-state index contributed by atoms with van der Waals surface area (Å²) in [5.74, 6) is 1.30. The van der Waals surface area contributed by atoms with Crippen molar-refractivity contribution in [3.05, 3.63) is 28.3 Å². The molecule has 2 rings (SSSR count). The zero-order valence-electron chi connectivity index (χ0n) is 9.09. The van der Waals surface area contributed by atoms with Gasteiger partial charge < -0.3 is 10.5 Å². The Hall–Kier alpha value is -0.730. The van der Waals surface area contributed by atoms with Crippen LogP contribution in [0.1, 0.15) is 18.1 Å². The van der Waals surface area contributed by atoms with Crippen molar-refractivity contribution in [1.29, 1.82) is 0 Å². The van der Waals surface area contributed by atoms with Crippen molar-refractivity contribution in [2.45, 2.75) is 26.3 Å². The molecule has 2 N–H and O–H groups in total. The van der Waals surface area contributed by atoms with E-state index < -0.39 is 0 Å². The van der Waals surface area contributed by atoms with E-state index in [0.717, 1.165) is 28.3 Å². The molecule has 0 radical (unpaired) electrons. The standard InChI is InChI=1S/C12H16ClNO/c1-7-3-11(13)10-5-9(8(2)14)6-15-12(10)4-7/h3-4,8-9H,5-6,14H2,1-2H3. The Morgan fingerprint density at radius 3 is 2.93 bits per heavy atom. The number of aryl methyl sites for hydroxylation is 1. The molecule has 15 heavy (non-hydrogen) atoms. The largest absolute Gasteiger partial charge is 0.493 e. The number of nitrogens with two attached hydrogens (primary N) is 1. The van der Waals surface area contributed by atoms with Gasteiger partial charge in [-0.2, -0.15) is 0 Å². The molecule has 82 valence electrons. The molecule has 0 bridgehead atoms. The van der Waals surface area contributed by atoms with Gasteiger partial charge in [-0.25, -0.2) is 0 Å². The van der Waals surface area contributed by atoms with Crippen LogP contribution in [0.4, 0.5) is 0 Å². The van der Waals surface area contributed by atoms with Crippen LogP contribution in [0.3, 0.4) is 0 Å². The van der Waals surface area contributed by atoms with Gasteiger partial charge in [0.1, 0.15) is 5.75 Å². The molecule has 0 saturated heterocycles. The van der Waals surface area contributed by atoms with Crippen LogP contribution >= 0.6 is 11.6 Å². The lowest BCUT2D eigenvalue weighted by molar-refractivity contribution is 0.204. The van der Waals surface area contributed by atoms with Crippen molar-refractivity contribution in [3.63, 3.8) is 0 Å². The fraction of sp³-hybridized carbons (Fsp3) is 0.500. The number of halogens is 1. The Morgan fingerprint density at radius 2 is 2.27 bits per heavy atom. The monoisotopic (exact) mass is 225 g/mol. The Labute approximate surface area is 95.4 Å². The summed E-state index contributed by atoms with van der Waals surface area (Å²) >= 11 is 6.20. The van der Waals surface area contributed by atoms with E-state index in [2.05, 4.69) is 0 Å². The quantitative estimate of drug-likeness (QED) is 0.797. The first-order valence-corrected chi connectivity index (χ1v) is 5.63. The molecule has 0 amide bonds. The van der Waals surface area contributed by atoms with Gasteiger partial charge in [-0.05, 0) is 38.0 Å². The number of hydrogen-bond donors (Lipinski definition) is 1. The normalized spacial score (nSPS) is 21.7. The maximum Gasteiger partial charge on any atom is 0.124 e. The Morgan fingerprint density at radius 1 is 1.53 bits per heavy atom. The summed E-state index contributed by atoms with van der Waals surface area (Å²) < 4.78 is 5.69. The summed E-state index contributed by atoms with van der Waals surface area (Å²) in [4.78, 5) is 0. The molecule has 1 aromatic carbocycles. The second kappa shape index (κ2) is 4.03. The van der Waals surface area contributed by atoms with E-state index in [4.69, 9.17) is 22.1 Å². The van der Waals surface area contributed by atoms with Crippen LogP contribution in [0.2, 0.25) is 5.02 Å². The molecule has 0 spiro atoms. The van der Waals surface area contributed by atoms with Crippen molar-refractivity contribution in [1.82, 2.24) is 0 Å². The van der Waals surface area contributed by atoms with Crippen molar-refractivity contribution in [2.75, 3.05) is 6.61 Å². The molecule has 2 nitrogen and oxygen atoms in total. The van der Waals surface area contributed by atoms with Gasteiger partial charge in [0.05, 0.1) is 6.61 Å². The zero-order valence-corrected chi connectivity index (χ0v) is 9.84. The lowest BCUT2D eigenvalue weighted by atomic mass is 9.91. The van der Waals surface area contributed by atoms with Gasteiger partial charge in [-0.15, -0.1) is 0 Å².